The van der Waals surface area contributed by atoms with Gasteiger partial charge in [-0.05, 0) is 0 Å². The SMILES string of the molecule is O=S1CSC1. The second kappa shape index (κ2) is 1.30. The van der Waals surface area contributed by atoms with E-state index in [-0.39, 0.29) is 0 Å². The van der Waals surface area contributed by atoms with Gasteiger partial charge in [0.2, 0.25) is 0 Å². The van der Waals surface area contributed by atoms with E-state index in [0.29, 0.717) is 0 Å². The molecule has 0 atom stereocenters. The van der Waals surface area contributed by atoms with Gasteiger partial charge in [0.05, 0.1) is 10.2 Å². The Kier molecular flexibility index (Phi) is 0.961. The average Bonchev–Trinajstić information content (AvgIpc) is 1.30. The van der Waals surface area contributed by atoms with Gasteiger partial charge in [0.25, 0.3) is 0 Å². The first-order valence-corrected chi connectivity index (χ1v) is 3.96. The number of hydrogen-bond acceptors (Lipinski definition) is 2. The Hall–Kier alpha value is 0.500. The van der Waals surface area contributed by atoms with Gasteiger partial charge in [-0.25, -0.2) is 0 Å². The molecule has 0 amide bonds. The van der Waals surface area contributed by atoms with Gasteiger partial charge in [-0.2, -0.15) is 0 Å². The third kappa shape index (κ3) is 0.666. The van der Waals surface area contributed by atoms with Crippen LogP contribution in [0.25, 0.3) is 0 Å². The first-order valence-electron chi connectivity index (χ1n) is 1.32. The zero-order chi connectivity index (χ0) is 3.70. The maximum atomic E-state index is 9.99. The molecule has 3 heteroatoms. The van der Waals surface area contributed by atoms with Crippen LogP contribution in [0, 0.1) is 0 Å². The molecule has 1 saturated heterocycles. The lowest BCUT2D eigenvalue weighted by atomic mass is 11.8. The van der Waals surface area contributed by atoms with Gasteiger partial charge in [0, 0.05) is 10.8 Å². The molecule has 0 N–H and O–H groups in total. The molecule has 1 aliphatic heterocycles. The third-order valence-electron chi connectivity index (χ3n) is 0.430. The van der Waals surface area contributed by atoms with Crippen LogP contribution in [0.1, 0.15) is 0 Å². The molecule has 1 fully saturated rings. The lowest BCUT2D eigenvalue weighted by Crippen LogP contribution is -2.07. The second-order valence-electron chi connectivity index (χ2n) is 0.880. The minimum absolute atomic E-state index is 0.429. The van der Waals surface area contributed by atoms with E-state index in [4.69, 9.17) is 0 Å². The standard InChI is InChI=1S/C2H4OS2/c3-5-1-4-2-5/h1-2H2. The molecule has 1 aliphatic rings. The van der Waals surface area contributed by atoms with Gasteiger partial charge in [-0.1, -0.05) is 0 Å². The fourth-order valence-electron chi connectivity index (χ4n) is 0.151. The first-order chi connectivity index (χ1) is 2.39. The van der Waals surface area contributed by atoms with E-state index in [1.807, 2.05) is 0 Å². The predicted molar refractivity (Wildman–Crippen MR) is 25.5 cm³/mol. The van der Waals surface area contributed by atoms with Crippen molar-refractivity contribution < 1.29 is 4.21 Å². The van der Waals surface area contributed by atoms with E-state index in [1.54, 1.807) is 11.8 Å². The van der Waals surface area contributed by atoms with Crippen LogP contribution in [0.2, 0.25) is 0 Å². The summed E-state index contributed by atoms with van der Waals surface area (Å²) in [5.74, 6) is 0. The Balaban J connectivity index is 2.32. The number of rotatable bonds is 0. The summed E-state index contributed by atoms with van der Waals surface area (Å²) in [6.45, 7) is 0. The summed E-state index contributed by atoms with van der Waals surface area (Å²) >= 11 is 1.74. The first kappa shape index (κ1) is 3.68. The van der Waals surface area contributed by atoms with Gasteiger partial charge < -0.3 is 0 Å². The minimum Gasteiger partial charge on any atom is -0.258 e. The van der Waals surface area contributed by atoms with Gasteiger partial charge in [0.1, 0.15) is 0 Å². The van der Waals surface area contributed by atoms with Gasteiger partial charge in [-0.15, -0.1) is 11.8 Å². The maximum absolute atomic E-state index is 9.99. The van der Waals surface area contributed by atoms with Crippen molar-refractivity contribution in [3.63, 3.8) is 0 Å². The monoisotopic (exact) mass is 108 g/mol. The molecule has 30 valence electrons. The van der Waals surface area contributed by atoms with Crippen molar-refractivity contribution in [1.82, 2.24) is 0 Å². The third-order valence-corrected chi connectivity index (χ3v) is 3.87. The molecule has 0 unspecified atom stereocenters. The zero-order valence-corrected chi connectivity index (χ0v) is 4.27. The summed E-state index contributed by atoms with van der Waals surface area (Å²) in [6, 6.07) is 0. The highest BCUT2D eigenvalue weighted by Crippen LogP contribution is 2.15. The fraction of sp³-hybridized carbons (Fsp3) is 1.00. The normalized spacial score (nSPS) is 25.6. The molecule has 1 heterocycles. The Morgan fingerprint density at radius 2 is 2.00 bits per heavy atom. The van der Waals surface area contributed by atoms with Crippen LogP contribution >= 0.6 is 11.8 Å². The topological polar surface area (TPSA) is 17.1 Å². The lowest BCUT2D eigenvalue weighted by Gasteiger charge is -2.06. The van der Waals surface area contributed by atoms with Crippen molar-refractivity contribution in [3.05, 3.63) is 0 Å². The Labute approximate surface area is 37.6 Å². The highest BCUT2D eigenvalue weighted by Gasteiger charge is 2.08. The Morgan fingerprint density at radius 1 is 1.60 bits per heavy atom. The van der Waals surface area contributed by atoms with E-state index in [1.165, 1.54) is 0 Å². The van der Waals surface area contributed by atoms with Crippen molar-refractivity contribution in [2.45, 2.75) is 0 Å². The van der Waals surface area contributed by atoms with E-state index in [2.05, 4.69) is 0 Å². The van der Waals surface area contributed by atoms with Crippen molar-refractivity contribution in [2.75, 3.05) is 10.2 Å². The molecule has 1 nitrogen and oxygen atoms in total. The van der Waals surface area contributed by atoms with Crippen molar-refractivity contribution in [1.29, 1.82) is 0 Å². The molecule has 0 aromatic heterocycles. The smallest absolute Gasteiger partial charge is 0.0710 e. The summed E-state index contributed by atoms with van der Waals surface area (Å²) in [4.78, 5) is 0. The molecular formula is C2H4OS2. The van der Waals surface area contributed by atoms with Crippen LogP contribution in [0.4, 0.5) is 0 Å². The highest BCUT2D eigenvalue weighted by molar-refractivity contribution is 8.25. The van der Waals surface area contributed by atoms with Crippen LogP contribution in [0.3, 0.4) is 0 Å². The number of hydrogen-bond donors (Lipinski definition) is 0. The quantitative estimate of drug-likeness (QED) is 0.446. The molecule has 0 aromatic carbocycles. The Bertz CT molecular complexity index is 54.7. The van der Waals surface area contributed by atoms with Crippen LogP contribution in [0.5, 0.6) is 0 Å². The summed E-state index contributed by atoms with van der Waals surface area (Å²) in [5, 5.41) is 1.75. The Morgan fingerprint density at radius 3 is 2.00 bits per heavy atom. The molecule has 0 aliphatic carbocycles. The van der Waals surface area contributed by atoms with Crippen molar-refractivity contribution >= 4 is 22.6 Å². The van der Waals surface area contributed by atoms with E-state index < -0.39 is 10.8 Å². The molecule has 0 saturated carbocycles. The predicted octanol–water partition coefficient (Wildman–Crippen LogP) is 0.397. The fourth-order valence-corrected chi connectivity index (χ4v) is 1.36. The second-order valence-corrected chi connectivity index (χ2v) is 4.05. The number of thioether (sulfide) groups is 1. The maximum Gasteiger partial charge on any atom is 0.0710 e. The van der Waals surface area contributed by atoms with Crippen LogP contribution in [-0.4, -0.2) is 14.4 Å². The molecule has 5 heavy (non-hydrogen) atoms. The highest BCUT2D eigenvalue weighted by atomic mass is 32.3. The van der Waals surface area contributed by atoms with Crippen LogP contribution in [0.15, 0.2) is 0 Å². The van der Waals surface area contributed by atoms with Crippen LogP contribution in [-0.2, 0) is 10.8 Å². The van der Waals surface area contributed by atoms with Crippen molar-refractivity contribution in [3.8, 4) is 0 Å². The van der Waals surface area contributed by atoms with Gasteiger partial charge in [-0.3, -0.25) is 4.21 Å². The molecule has 0 spiro atoms. The molecule has 0 aromatic rings. The molecule has 0 bridgehead atoms. The van der Waals surface area contributed by atoms with Gasteiger partial charge in [0.15, 0.2) is 0 Å². The van der Waals surface area contributed by atoms with E-state index >= 15 is 0 Å². The van der Waals surface area contributed by atoms with Crippen LogP contribution < -0.4 is 0 Å². The minimum atomic E-state index is -0.429. The lowest BCUT2D eigenvalue weighted by molar-refractivity contribution is 0.688. The average molecular weight is 108 g/mol. The summed E-state index contributed by atoms with van der Waals surface area (Å²) in [6.07, 6.45) is 0. The molecule has 0 radical (unpaired) electrons. The van der Waals surface area contributed by atoms with Gasteiger partial charge >= 0.3 is 0 Å². The van der Waals surface area contributed by atoms with Crippen molar-refractivity contribution in [2.24, 2.45) is 0 Å². The summed E-state index contributed by atoms with van der Waals surface area (Å²) in [7, 11) is -0.429. The summed E-state index contributed by atoms with van der Waals surface area (Å²) < 4.78 is 9.99. The molecular weight excluding hydrogens is 104 g/mol. The molecule has 1 rings (SSSR count). The summed E-state index contributed by atoms with van der Waals surface area (Å²) in [5.41, 5.74) is 0. The van der Waals surface area contributed by atoms with E-state index in [0.717, 1.165) is 10.2 Å². The largest absolute Gasteiger partial charge is 0.258 e. The zero-order valence-electron chi connectivity index (χ0n) is 2.64. The van der Waals surface area contributed by atoms with E-state index in [9.17, 15) is 4.21 Å².